The molecule has 1 saturated heterocycles. The molecule has 1 aromatic heterocycles. The quantitative estimate of drug-likeness (QED) is 0.214. The van der Waals surface area contributed by atoms with Crippen molar-refractivity contribution in [2.75, 3.05) is 45.1 Å². The fourth-order valence-electron chi connectivity index (χ4n) is 3.25. The molecule has 0 spiro atoms. The zero-order chi connectivity index (χ0) is 21.3. The van der Waals surface area contributed by atoms with Crippen molar-refractivity contribution in [1.82, 2.24) is 20.5 Å². The molecule has 170 valence electrons. The number of amides is 1. The SMILES string of the molecule is CCNC(=NCCNc1ncccc1C(F)(F)F)N1CCC(CC(=O)NC)CC1.I. The zero-order valence-electron chi connectivity index (χ0n) is 17.3. The Morgan fingerprint density at radius 2 is 2.03 bits per heavy atom. The number of carbonyl (C=O) groups is 1. The van der Waals surface area contributed by atoms with Gasteiger partial charge in [-0.2, -0.15) is 13.2 Å². The number of aromatic nitrogens is 1. The Labute approximate surface area is 192 Å². The second kappa shape index (κ2) is 12.8. The normalized spacial score (nSPS) is 15.4. The Hall–Kier alpha value is -1.79. The Kier molecular flexibility index (Phi) is 11.2. The summed E-state index contributed by atoms with van der Waals surface area (Å²) in [5, 5.41) is 8.61. The molecule has 0 unspecified atom stereocenters. The molecule has 0 bridgehead atoms. The van der Waals surface area contributed by atoms with Crippen LogP contribution in [0, 0.1) is 5.92 Å². The van der Waals surface area contributed by atoms with Crippen LogP contribution < -0.4 is 16.0 Å². The van der Waals surface area contributed by atoms with E-state index in [0.29, 0.717) is 25.4 Å². The second-order valence-corrected chi connectivity index (χ2v) is 6.87. The van der Waals surface area contributed by atoms with Gasteiger partial charge in [-0.25, -0.2) is 4.98 Å². The number of anilines is 1. The summed E-state index contributed by atoms with van der Waals surface area (Å²) >= 11 is 0. The van der Waals surface area contributed by atoms with Gasteiger partial charge in [0.05, 0.1) is 12.1 Å². The van der Waals surface area contributed by atoms with Crippen LogP contribution in [0.4, 0.5) is 19.0 Å². The van der Waals surface area contributed by atoms with Crippen molar-refractivity contribution in [2.45, 2.75) is 32.4 Å². The zero-order valence-corrected chi connectivity index (χ0v) is 19.6. The number of piperidine rings is 1. The predicted octanol–water partition coefficient (Wildman–Crippen LogP) is 2.94. The number of likely N-dealkylation sites (tertiary alicyclic amines) is 1. The number of rotatable bonds is 7. The largest absolute Gasteiger partial charge is 0.419 e. The lowest BCUT2D eigenvalue weighted by molar-refractivity contribution is -0.137. The fourth-order valence-corrected chi connectivity index (χ4v) is 3.25. The molecule has 0 atom stereocenters. The lowest BCUT2D eigenvalue weighted by atomic mass is 9.93. The fraction of sp³-hybridized carbons (Fsp3) is 0.632. The number of pyridine rings is 1. The van der Waals surface area contributed by atoms with E-state index in [1.807, 2.05) is 6.92 Å². The van der Waals surface area contributed by atoms with Gasteiger partial charge in [-0.1, -0.05) is 0 Å². The summed E-state index contributed by atoms with van der Waals surface area (Å²) in [4.78, 5) is 22.0. The highest BCUT2D eigenvalue weighted by Gasteiger charge is 2.34. The van der Waals surface area contributed by atoms with E-state index in [-0.39, 0.29) is 42.2 Å². The molecule has 3 N–H and O–H groups in total. The number of halogens is 4. The van der Waals surface area contributed by atoms with Gasteiger partial charge in [0.15, 0.2) is 5.96 Å². The number of hydrogen-bond donors (Lipinski definition) is 3. The Bertz CT molecular complexity index is 693. The van der Waals surface area contributed by atoms with Crippen molar-refractivity contribution in [3.8, 4) is 0 Å². The van der Waals surface area contributed by atoms with Crippen LogP contribution in [0.2, 0.25) is 0 Å². The van der Waals surface area contributed by atoms with Crippen LogP contribution in [-0.4, -0.2) is 61.5 Å². The summed E-state index contributed by atoms with van der Waals surface area (Å²) in [6.45, 7) is 4.80. The van der Waals surface area contributed by atoms with Gasteiger partial charge in [0.25, 0.3) is 0 Å². The summed E-state index contributed by atoms with van der Waals surface area (Å²) in [7, 11) is 1.64. The van der Waals surface area contributed by atoms with Gasteiger partial charge < -0.3 is 20.9 Å². The molecule has 0 saturated carbocycles. The van der Waals surface area contributed by atoms with Crippen molar-refractivity contribution in [3.63, 3.8) is 0 Å². The lowest BCUT2D eigenvalue weighted by Gasteiger charge is -2.34. The standard InChI is InChI=1S/C19H29F3N6O.HI/c1-3-24-18(28-11-6-14(7-12-28)13-16(29)23-2)27-10-9-26-17-15(19(20,21)22)5-4-8-25-17;/h4-5,8,14H,3,6-7,9-13H2,1-2H3,(H,23,29)(H,24,27)(H,25,26);1H. The molecule has 1 aliphatic heterocycles. The predicted molar refractivity (Wildman–Crippen MR) is 122 cm³/mol. The number of alkyl halides is 3. The van der Waals surface area contributed by atoms with Gasteiger partial charge >= 0.3 is 6.18 Å². The molecule has 1 amide bonds. The number of carbonyl (C=O) groups excluding carboxylic acids is 1. The van der Waals surface area contributed by atoms with Crippen molar-refractivity contribution in [3.05, 3.63) is 23.9 Å². The number of nitrogens with one attached hydrogen (secondary N) is 3. The highest BCUT2D eigenvalue weighted by molar-refractivity contribution is 14.0. The molecule has 2 heterocycles. The molecule has 1 aliphatic rings. The minimum Gasteiger partial charge on any atom is -0.368 e. The van der Waals surface area contributed by atoms with Crippen LogP contribution >= 0.6 is 24.0 Å². The Morgan fingerprint density at radius 3 is 2.63 bits per heavy atom. The molecule has 7 nitrogen and oxygen atoms in total. The first-order chi connectivity index (χ1) is 13.8. The van der Waals surface area contributed by atoms with E-state index < -0.39 is 11.7 Å². The molecule has 1 fully saturated rings. The van der Waals surface area contributed by atoms with Gasteiger partial charge in [-0.15, -0.1) is 24.0 Å². The van der Waals surface area contributed by atoms with E-state index in [2.05, 4.69) is 30.8 Å². The molecule has 0 aliphatic carbocycles. The Morgan fingerprint density at radius 1 is 1.33 bits per heavy atom. The monoisotopic (exact) mass is 542 g/mol. The smallest absolute Gasteiger partial charge is 0.368 e. The van der Waals surface area contributed by atoms with E-state index in [9.17, 15) is 18.0 Å². The maximum absolute atomic E-state index is 13.0. The Balaban J connectivity index is 0.00000450. The minimum absolute atomic E-state index is 0. The van der Waals surface area contributed by atoms with E-state index in [0.717, 1.165) is 38.0 Å². The van der Waals surface area contributed by atoms with Crippen molar-refractivity contribution in [1.29, 1.82) is 0 Å². The molecule has 0 aromatic carbocycles. The van der Waals surface area contributed by atoms with Crippen molar-refractivity contribution < 1.29 is 18.0 Å². The van der Waals surface area contributed by atoms with Crippen LogP contribution in [0.3, 0.4) is 0 Å². The summed E-state index contributed by atoms with van der Waals surface area (Å²) in [5.41, 5.74) is -0.783. The maximum Gasteiger partial charge on any atom is 0.419 e. The number of aliphatic imine (C=N–C) groups is 1. The molecular weight excluding hydrogens is 512 g/mol. The van der Waals surface area contributed by atoms with Crippen LogP contribution in [0.25, 0.3) is 0 Å². The maximum atomic E-state index is 13.0. The van der Waals surface area contributed by atoms with Gasteiger partial charge in [0, 0.05) is 45.8 Å². The minimum atomic E-state index is -4.45. The summed E-state index contributed by atoms with van der Waals surface area (Å²) in [5.74, 6) is 0.975. The summed E-state index contributed by atoms with van der Waals surface area (Å²) < 4.78 is 39.0. The molecule has 1 aromatic rings. The molecule has 11 heteroatoms. The van der Waals surface area contributed by atoms with E-state index in [1.54, 1.807) is 7.05 Å². The first-order valence-corrected chi connectivity index (χ1v) is 9.85. The highest BCUT2D eigenvalue weighted by Crippen LogP contribution is 2.33. The molecular formula is C19H30F3IN6O. The van der Waals surface area contributed by atoms with E-state index >= 15 is 0 Å². The van der Waals surface area contributed by atoms with Gasteiger partial charge in [-0.3, -0.25) is 9.79 Å². The number of nitrogens with zero attached hydrogens (tertiary/aromatic N) is 3. The topological polar surface area (TPSA) is 81.7 Å². The summed E-state index contributed by atoms with van der Waals surface area (Å²) in [6, 6.07) is 2.27. The van der Waals surface area contributed by atoms with Crippen LogP contribution in [0.5, 0.6) is 0 Å². The molecule has 0 radical (unpaired) electrons. The van der Waals surface area contributed by atoms with Crippen LogP contribution in [0.1, 0.15) is 31.7 Å². The molecule has 30 heavy (non-hydrogen) atoms. The third kappa shape index (κ3) is 8.15. The van der Waals surface area contributed by atoms with Gasteiger partial charge in [0.2, 0.25) is 5.91 Å². The second-order valence-electron chi connectivity index (χ2n) is 6.87. The van der Waals surface area contributed by atoms with E-state index in [4.69, 9.17) is 0 Å². The van der Waals surface area contributed by atoms with Crippen LogP contribution in [-0.2, 0) is 11.0 Å². The number of guanidine groups is 1. The third-order valence-corrected chi connectivity index (χ3v) is 4.78. The first-order valence-electron chi connectivity index (χ1n) is 9.85. The number of hydrogen-bond acceptors (Lipinski definition) is 4. The van der Waals surface area contributed by atoms with Gasteiger partial charge in [-0.05, 0) is 37.8 Å². The average molecular weight is 542 g/mol. The first kappa shape index (κ1) is 26.2. The van der Waals surface area contributed by atoms with Gasteiger partial charge in [0.1, 0.15) is 5.82 Å². The summed E-state index contributed by atoms with van der Waals surface area (Å²) in [6.07, 6.45) is -0.785. The lowest BCUT2D eigenvalue weighted by Crippen LogP contribution is -2.46. The highest BCUT2D eigenvalue weighted by atomic mass is 127. The average Bonchev–Trinajstić information content (AvgIpc) is 2.70. The van der Waals surface area contributed by atoms with Crippen molar-refractivity contribution in [2.24, 2.45) is 10.9 Å². The third-order valence-electron chi connectivity index (χ3n) is 4.78. The van der Waals surface area contributed by atoms with E-state index in [1.165, 1.54) is 12.3 Å². The van der Waals surface area contributed by atoms with Crippen molar-refractivity contribution >= 4 is 41.7 Å². The molecule has 2 rings (SSSR count). The van der Waals surface area contributed by atoms with Crippen LogP contribution in [0.15, 0.2) is 23.3 Å².